The summed E-state index contributed by atoms with van der Waals surface area (Å²) in [5.41, 5.74) is 0. The van der Waals surface area contributed by atoms with Gasteiger partial charge in [-0.15, -0.1) is 0 Å². The molecule has 11 heteroatoms. The van der Waals surface area contributed by atoms with Gasteiger partial charge in [0.2, 0.25) is 0 Å². The van der Waals surface area contributed by atoms with Crippen LogP contribution in [0.5, 0.6) is 0 Å². The van der Waals surface area contributed by atoms with Gasteiger partial charge in [-0.2, -0.15) is 0 Å². The zero-order valence-corrected chi connectivity index (χ0v) is 23.8. The van der Waals surface area contributed by atoms with Gasteiger partial charge in [0.15, 0.2) is 25.0 Å². The molecule has 0 rings (SSSR count). The molecule has 0 aliphatic heterocycles. The van der Waals surface area contributed by atoms with Gasteiger partial charge in [-0.1, -0.05) is 0 Å². The highest BCUT2D eigenvalue weighted by Gasteiger charge is 2.49. The molecule has 0 aromatic rings. The van der Waals surface area contributed by atoms with Gasteiger partial charge in [0.05, 0.1) is 13.2 Å². The van der Waals surface area contributed by atoms with Crippen LogP contribution >= 0.6 is 0 Å². The van der Waals surface area contributed by atoms with Gasteiger partial charge in [0, 0.05) is 18.2 Å². The second-order valence-corrected chi connectivity index (χ2v) is 26.7. The van der Waals surface area contributed by atoms with Crippen molar-refractivity contribution in [2.24, 2.45) is 0 Å². The third-order valence-electron chi connectivity index (χ3n) is 2.90. The Morgan fingerprint density at radius 1 is 0.690 bits per heavy atom. The van der Waals surface area contributed by atoms with Crippen LogP contribution in [0.1, 0.15) is 13.3 Å². The smallest absolute Gasteiger partial charge is 0.463 e. The molecular weight excluding hydrogens is 441 g/mol. The molecule has 0 saturated heterocycles. The van der Waals surface area contributed by atoms with Crippen LogP contribution in [-0.2, 0) is 31.4 Å². The Hall–Kier alpha value is -0.572. The van der Waals surface area contributed by atoms with Crippen molar-refractivity contribution in [2.75, 3.05) is 13.2 Å². The second kappa shape index (κ2) is 11.7. The van der Waals surface area contributed by atoms with Crippen LogP contribution < -0.4 is 0 Å². The lowest BCUT2D eigenvalue weighted by molar-refractivity contribution is -0.140. The predicted octanol–water partition coefficient (Wildman–Crippen LogP) is 4.53. The lowest BCUT2D eigenvalue weighted by atomic mass is 10.5. The molecule has 0 radical (unpaired) electrons. The summed E-state index contributed by atoms with van der Waals surface area (Å²) >= 11 is 0. The molecule has 0 amide bonds. The zero-order valence-electron chi connectivity index (χ0n) is 19.8. The maximum absolute atomic E-state index is 11.8. The fraction of sp³-hybridized carbons (Fsp3) is 0.778. The third kappa shape index (κ3) is 15.9. The average molecular weight is 481 g/mol. The molecule has 0 bridgehead atoms. The standard InChI is InChI=1S/C18H40O7Si4/c1-11-21-17(19)13-14-18(20)22-15-12-16-29(23-26(2,3)4,24-27(5,6)7)25-28(8,9)10/h13-14H,11-12,15-16H2,1-10H3/b14-13+. The molecule has 0 saturated carbocycles. The van der Waals surface area contributed by atoms with E-state index in [0.717, 1.165) is 12.2 Å². The zero-order chi connectivity index (χ0) is 22.9. The fourth-order valence-corrected chi connectivity index (χ4v) is 17.1. The number of esters is 2. The summed E-state index contributed by atoms with van der Waals surface area (Å²) in [6.45, 7) is 21.4. The van der Waals surface area contributed by atoms with Gasteiger partial charge in [0.1, 0.15) is 0 Å². The second-order valence-electron chi connectivity index (χ2n) is 9.68. The molecular formula is C18H40O7Si4. The summed E-state index contributed by atoms with van der Waals surface area (Å²) in [6, 6.07) is 0.598. The molecule has 0 fully saturated rings. The van der Waals surface area contributed by atoms with Crippen molar-refractivity contribution in [2.45, 2.75) is 78.3 Å². The Kier molecular flexibility index (Phi) is 11.5. The van der Waals surface area contributed by atoms with Gasteiger partial charge in [-0.05, 0) is 72.3 Å². The maximum Gasteiger partial charge on any atom is 0.469 e. The number of rotatable bonds is 13. The van der Waals surface area contributed by atoms with Crippen LogP contribution in [0.15, 0.2) is 12.2 Å². The highest BCUT2D eigenvalue weighted by Crippen LogP contribution is 2.29. The van der Waals surface area contributed by atoms with E-state index in [1.54, 1.807) is 6.92 Å². The normalized spacial score (nSPS) is 13.6. The monoisotopic (exact) mass is 480 g/mol. The van der Waals surface area contributed by atoms with E-state index in [9.17, 15) is 9.59 Å². The molecule has 0 spiro atoms. The van der Waals surface area contributed by atoms with Crippen molar-refractivity contribution in [3.05, 3.63) is 12.2 Å². The Balaban J connectivity index is 5.11. The number of hydrogen-bond donors (Lipinski definition) is 0. The minimum atomic E-state index is -2.92. The van der Waals surface area contributed by atoms with E-state index in [0.29, 0.717) is 12.5 Å². The molecule has 0 unspecified atom stereocenters. The van der Waals surface area contributed by atoms with Crippen molar-refractivity contribution in [3.63, 3.8) is 0 Å². The molecule has 0 atom stereocenters. The van der Waals surface area contributed by atoms with Crippen LogP contribution in [0, 0.1) is 0 Å². The SMILES string of the molecule is CCOC(=O)/C=C/C(=O)OCCC[Si](O[Si](C)(C)C)(O[Si](C)(C)C)O[Si](C)(C)C. The minimum Gasteiger partial charge on any atom is -0.463 e. The number of carbonyl (C=O) groups is 2. The number of hydrogen-bond acceptors (Lipinski definition) is 7. The van der Waals surface area contributed by atoms with Gasteiger partial charge < -0.3 is 21.8 Å². The molecule has 0 N–H and O–H groups in total. The number of carbonyl (C=O) groups excluding carboxylic acids is 2. The minimum absolute atomic E-state index is 0.208. The molecule has 7 nitrogen and oxygen atoms in total. The van der Waals surface area contributed by atoms with E-state index < -0.39 is 45.7 Å². The van der Waals surface area contributed by atoms with E-state index in [2.05, 4.69) is 58.9 Å². The molecule has 0 aromatic carbocycles. The summed E-state index contributed by atoms with van der Waals surface area (Å²) in [5.74, 6) is -1.14. The first-order chi connectivity index (χ1) is 13.0. The highest BCUT2D eigenvalue weighted by molar-refractivity contribution is 6.90. The largest absolute Gasteiger partial charge is 0.469 e. The summed E-state index contributed by atoms with van der Waals surface area (Å²) in [5, 5.41) is 0. The van der Waals surface area contributed by atoms with E-state index in [1.807, 2.05) is 0 Å². The lowest BCUT2D eigenvalue weighted by Gasteiger charge is -2.42. The summed E-state index contributed by atoms with van der Waals surface area (Å²) in [4.78, 5) is 23.0. The van der Waals surface area contributed by atoms with E-state index in [-0.39, 0.29) is 13.2 Å². The average Bonchev–Trinajstić information content (AvgIpc) is 2.44. The highest BCUT2D eigenvalue weighted by atomic mass is 28.5. The molecule has 0 aromatic heterocycles. The number of ether oxygens (including phenoxy) is 2. The Morgan fingerprint density at radius 3 is 1.41 bits per heavy atom. The Bertz CT molecular complexity index is 519. The first-order valence-electron chi connectivity index (χ1n) is 10.1. The topological polar surface area (TPSA) is 80.3 Å². The maximum atomic E-state index is 11.8. The van der Waals surface area contributed by atoms with Crippen molar-refractivity contribution >= 4 is 45.7 Å². The van der Waals surface area contributed by atoms with Crippen LogP contribution in [0.2, 0.25) is 65.0 Å². The van der Waals surface area contributed by atoms with Gasteiger partial charge in [-0.3, -0.25) is 0 Å². The van der Waals surface area contributed by atoms with Crippen LogP contribution in [0.25, 0.3) is 0 Å². The van der Waals surface area contributed by atoms with E-state index in [4.69, 9.17) is 21.8 Å². The summed E-state index contributed by atoms with van der Waals surface area (Å²) in [6.07, 6.45) is 2.73. The summed E-state index contributed by atoms with van der Waals surface area (Å²) in [7, 11) is -8.68. The quantitative estimate of drug-likeness (QED) is 0.166. The Labute approximate surface area is 180 Å². The first kappa shape index (κ1) is 28.4. The predicted molar refractivity (Wildman–Crippen MR) is 125 cm³/mol. The van der Waals surface area contributed by atoms with Crippen molar-refractivity contribution in [1.29, 1.82) is 0 Å². The Morgan fingerprint density at radius 2 is 1.07 bits per heavy atom. The summed E-state index contributed by atoms with van der Waals surface area (Å²) < 4.78 is 29.7. The molecule has 29 heavy (non-hydrogen) atoms. The van der Waals surface area contributed by atoms with Gasteiger partial charge in [-0.25, -0.2) is 9.59 Å². The molecule has 0 aliphatic carbocycles. The van der Waals surface area contributed by atoms with Crippen LogP contribution in [0.3, 0.4) is 0 Å². The molecule has 0 aliphatic rings. The lowest BCUT2D eigenvalue weighted by Crippen LogP contribution is -2.60. The third-order valence-corrected chi connectivity index (χ3v) is 14.9. The first-order valence-corrected chi connectivity index (χ1v) is 22.2. The van der Waals surface area contributed by atoms with Crippen molar-refractivity contribution in [3.8, 4) is 0 Å². The van der Waals surface area contributed by atoms with Crippen LogP contribution in [0.4, 0.5) is 0 Å². The van der Waals surface area contributed by atoms with E-state index >= 15 is 0 Å². The van der Waals surface area contributed by atoms with Gasteiger partial charge in [0.25, 0.3) is 0 Å². The van der Waals surface area contributed by atoms with Crippen molar-refractivity contribution in [1.82, 2.24) is 0 Å². The van der Waals surface area contributed by atoms with Crippen LogP contribution in [-0.4, -0.2) is 58.9 Å². The molecule has 0 heterocycles. The van der Waals surface area contributed by atoms with E-state index in [1.165, 1.54) is 0 Å². The van der Waals surface area contributed by atoms with Crippen molar-refractivity contribution < 1.29 is 31.4 Å². The van der Waals surface area contributed by atoms with Gasteiger partial charge >= 0.3 is 20.7 Å². The fourth-order valence-electron chi connectivity index (χ4n) is 2.45. The molecule has 170 valence electrons.